The Bertz CT molecular complexity index is 1300. The third kappa shape index (κ3) is 4.00. The number of aliphatic hydroxyl groups excluding tert-OH is 3. The molecule has 0 amide bonds. The van der Waals surface area contributed by atoms with Crippen molar-refractivity contribution in [1.29, 1.82) is 0 Å². The van der Waals surface area contributed by atoms with Gasteiger partial charge in [-0.05, 0) is 25.1 Å². The molecule has 1 fully saturated rings. The van der Waals surface area contributed by atoms with Gasteiger partial charge in [-0.1, -0.05) is 60.1 Å². The van der Waals surface area contributed by atoms with Gasteiger partial charge in [0.2, 0.25) is 0 Å². The van der Waals surface area contributed by atoms with Gasteiger partial charge in [-0.25, -0.2) is 14.6 Å². The van der Waals surface area contributed by atoms with Crippen molar-refractivity contribution in [3.05, 3.63) is 83.4 Å². The summed E-state index contributed by atoms with van der Waals surface area (Å²) in [5, 5.41) is 35.3. The molecule has 4 aromatic rings. The summed E-state index contributed by atoms with van der Waals surface area (Å²) < 4.78 is 7.35. The number of nitrogens with zero attached hydrogens (tertiary/aromatic N) is 4. The lowest BCUT2D eigenvalue weighted by Crippen LogP contribution is -2.32. The van der Waals surface area contributed by atoms with Crippen molar-refractivity contribution in [2.24, 2.45) is 0 Å². The van der Waals surface area contributed by atoms with Crippen molar-refractivity contribution < 1.29 is 20.1 Å². The van der Waals surface area contributed by atoms with E-state index in [0.29, 0.717) is 27.8 Å². The van der Waals surface area contributed by atoms with Gasteiger partial charge < -0.3 is 20.1 Å². The molecule has 0 saturated carbocycles. The molecular formula is C25H23ClN4O4. The molecular weight excluding hydrogens is 456 g/mol. The fourth-order valence-electron chi connectivity index (χ4n) is 4.12. The SMILES string of the molecule is Cc1nn(-c2ccccc2)c(Cl)c1-c1cc(-c2ccccc2)nc([C@@H]2O[C@H](CO)[C@@H](O)[C@H]2O)n1. The summed E-state index contributed by atoms with van der Waals surface area (Å²) in [5.74, 6) is 0.182. The summed E-state index contributed by atoms with van der Waals surface area (Å²) in [7, 11) is 0. The Balaban J connectivity index is 1.67. The Labute approximate surface area is 201 Å². The molecule has 34 heavy (non-hydrogen) atoms. The number of aryl methyl sites for hydroxylation is 1. The minimum Gasteiger partial charge on any atom is -0.394 e. The fourth-order valence-corrected chi connectivity index (χ4v) is 4.49. The van der Waals surface area contributed by atoms with Gasteiger partial charge in [0.1, 0.15) is 29.6 Å². The summed E-state index contributed by atoms with van der Waals surface area (Å²) >= 11 is 6.79. The second-order valence-electron chi connectivity index (χ2n) is 8.12. The predicted molar refractivity (Wildman–Crippen MR) is 126 cm³/mol. The second kappa shape index (κ2) is 9.25. The van der Waals surface area contributed by atoms with Crippen molar-refractivity contribution in [3.63, 3.8) is 0 Å². The Kier molecular flexibility index (Phi) is 6.16. The molecule has 0 bridgehead atoms. The zero-order valence-corrected chi connectivity index (χ0v) is 19.0. The maximum Gasteiger partial charge on any atom is 0.161 e. The number of para-hydroxylation sites is 1. The van der Waals surface area contributed by atoms with Crippen LogP contribution in [0.25, 0.3) is 28.2 Å². The lowest BCUT2D eigenvalue weighted by atomic mass is 10.1. The quantitative estimate of drug-likeness (QED) is 0.404. The van der Waals surface area contributed by atoms with E-state index in [0.717, 1.165) is 11.3 Å². The maximum atomic E-state index is 10.6. The standard InChI is InChI=1S/C25H23ClN4O4/c1-14-20(24(26)30(29-14)16-10-6-3-7-11-16)18-12-17(15-8-4-2-5-9-15)27-25(28-18)23-22(33)21(32)19(13-31)34-23/h2-12,19,21-23,31-33H,13H2,1H3/t19-,21-,22-,23-/m1/s1. The van der Waals surface area contributed by atoms with Crippen LogP contribution in [0.4, 0.5) is 0 Å². The first-order valence-electron chi connectivity index (χ1n) is 10.9. The summed E-state index contributed by atoms with van der Waals surface area (Å²) in [6, 6.07) is 20.9. The first-order valence-corrected chi connectivity index (χ1v) is 11.2. The van der Waals surface area contributed by atoms with Crippen molar-refractivity contribution >= 4 is 11.6 Å². The molecule has 4 atom stereocenters. The number of hydrogen-bond acceptors (Lipinski definition) is 7. The number of aliphatic hydroxyl groups is 3. The Morgan fingerprint density at radius 2 is 1.59 bits per heavy atom. The Hall–Kier alpha value is -3.14. The smallest absolute Gasteiger partial charge is 0.161 e. The molecule has 5 rings (SSSR count). The minimum absolute atomic E-state index is 0.182. The third-order valence-electron chi connectivity index (χ3n) is 5.87. The fraction of sp³-hybridized carbons (Fsp3) is 0.240. The van der Waals surface area contributed by atoms with Gasteiger partial charge in [0.25, 0.3) is 0 Å². The van der Waals surface area contributed by atoms with Gasteiger partial charge in [0.15, 0.2) is 5.82 Å². The van der Waals surface area contributed by atoms with E-state index in [2.05, 4.69) is 15.1 Å². The molecule has 3 N–H and O–H groups in total. The average Bonchev–Trinajstić information content (AvgIpc) is 3.34. The van der Waals surface area contributed by atoms with Crippen LogP contribution in [0.2, 0.25) is 5.15 Å². The highest BCUT2D eigenvalue weighted by Gasteiger charge is 2.44. The molecule has 2 aromatic carbocycles. The maximum absolute atomic E-state index is 10.6. The van der Waals surface area contributed by atoms with E-state index in [4.69, 9.17) is 16.3 Å². The lowest BCUT2D eigenvalue weighted by molar-refractivity contribution is -0.0252. The third-order valence-corrected chi connectivity index (χ3v) is 6.22. The van der Waals surface area contributed by atoms with Gasteiger partial charge in [0.05, 0.1) is 34.9 Å². The van der Waals surface area contributed by atoms with E-state index in [9.17, 15) is 15.3 Å². The van der Waals surface area contributed by atoms with Crippen molar-refractivity contribution in [2.75, 3.05) is 6.61 Å². The second-order valence-corrected chi connectivity index (χ2v) is 8.48. The van der Waals surface area contributed by atoms with Gasteiger partial charge in [-0.2, -0.15) is 5.10 Å². The molecule has 174 valence electrons. The molecule has 9 heteroatoms. The van der Waals surface area contributed by atoms with Crippen LogP contribution in [0.5, 0.6) is 0 Å². The normalized spacial score (nSPS) is 22.3. The minimum atomic E-state index is -1.29. The molecule has 1 aliphatic rings. The predicted octanol–water partition coefficient (Wildman–Crippen LogP) is 3.11. The van der Waals surface area contributed by atoms with Crippen LogP contribution in [-0.2, 0) is 4.74 Å². The lowest BCUT2D eigenvalue weighted by Gasteiger charge is -2.16. The van der Waals surface area contributed by atoms with E-state index in [1.54, 1.807) is 4.68 Å². The van der Waals surface area contributed by atoms with Gasteiger partial charge in [-0.15, -0.1) is 0 Å². The largest absolute Gasteiger partial charge is 0.394 e. The van der Waals surface area contributed by atoms with E-state index in [1.165, 1.54) is 0 Å². The number of hydrogen-bond donors (Lipinski definition) is 3. The molecule has 1 saturated heterocycles. The van der Waals surface area contributed by atoms with Crippen LogP contribution in [0.3, 0.4) is 0 Å². The van der Waals surface area contributed by atoms with Crippen LogP contribution in [-0.4, -0.2) is 60.0 Å². The van der Waals surface area contributed by atoms with Crippen LogP contribution < -0.4 is 0 Å². The van der Waals surface area contributed by atoms with E-state index >= 15 is 0 Å². The monoisotopic (exact) mass is 478 g/mol. The number of benzene rings is 2. The summed E-state index contributed by atoms with van der Waals surface area (Å²) in [6.07, 6.45) is -4.50. The molecule has 0 unspecified atom stereocenters. The number of ether oxygens (including phenoxy) is 1. The van der Waals surface area contributed by atoms with E-state index in [-0.39, 0.29) is 5.82 Å². The van der Waals surface area contributed by atoms with Gasteiger partial charge in [-0.3, -0.25) is 0 Å². The Morgan fingerprint density at radius 3 is 2.24 bits per heavy atom. The van der Waals surface area contributed by atoms with Crippen molar-refractivity contribution in [1.82, 2.24) is 19.7 Å². The van der Waals surface area contributed by atoms with Crippen LogP contribution >= 0.6 is 11.6 Å². The topological polar surface area (TPSA) is 114 Å². The molecule has 0 radical (unpaired) electrons. The number of rotatable bonds is 5. The number of halogens is 1. The molecule has 0 aliphatic carbocycles. The highest BCUT2D eigenvalue weighted by atomic mass is 35.5. The molecule has 3 heterocycles. The molecule has 0 spiro atoms. The summed E-state index contributed by atoms with van der Waals surface area (Å²) in [4.78, 5) is 9.30. The first kappa shape index (κ1) is 22.6. The zero-order chi connectivity index (χ0) is 23.8. The molecule has 2 aromatic heterocycles. The van der Waals surface area contributed by atoms with Crippen LogP contribution in [0.15, 0.2) is 66.7 Å². The Morgan fingerprint density at radius 1 is 0.941 bits per heavy atom. The molecule has 1 aliphatic heterocycles. The van der Waals surface area contributed by atoms with Gasteiger partial charge >= 0.3 is 0 Å². The van der Waals surface area contributed by atoms with Crippen LogP contribution in [0, 0.1) is 6.92 Å². The number of aromatic nitrogens is 4. The van der Waals surface area contributed by atoms with E-state index < -0.39 is 31.0 Å². The summed E-state index contributed by atoms with van der Waals surface area (Å²) in [5.41, 5.74) is 4.04. The van der Waals surface area contributed by atoms with Crippen molar-refractivity contribution in [3.8, 4) is 28.2 Å². The summed E-state index contributed by atoms with van der Waals surface area (Å²) in [6.45, 7) is 1.41. The van der Waals surface area contributed by atoms with E-state index in [1.807, 2.05) is 73.7 Å². The average molecular weight is 479 g/mol. The van der Waals surface area contributed by atoms with Crippen molar-refractivity contribution in [2.45, 2.75) is 31.3 Å². The highest BCUT2D eigenvalue weighted by Crippen LogP contribution is 2.37. The van der Waals surface area contributed by atoms with Crippen LogP contribution in [0.1, 0.15) is 17.6 Å². The first-order chi connectivity index (χ1) is 16.5. The zero-order valence-electron chi connectivity index (χ0n) is 18.3. The highest BCUT2D eigenvalue weighted by molar-refractivity contribution is 6.32. The van der Waals surface area contributed by atoms with Gasteiger partial charge in [0, 0.05) is 5.56 Å². The molecule has 8 nitrogen and oxygen atoms in total.